The van der Waals surface area contributed by atoms with Crippen molar-refractivity contribution < 1.29 is 14.3 Å². The Kier molecular flexibility index (Phi) is 4.98. The molecule has 1 aromatic carbocycles. The van der Waals surface area contributed by atoms with Gasteiger partial charge in [0.05, 0.1) is 23.6 Å². The first kappa shape index (κ1) is 17.8. The van der Waals surface area contributed by atoms with Gasteiger partial charge in [0.1, 0.15) is 11.4 Å². The number of hydrogen-bond donors (Lipinski definition) is 0. The Morgan fingerprint density at radius 3 is 2.96 bits per heavy atom. The number of carbonyl (C=O) groups excluding carboxylic acids is 1. The van der Waals surface area contributed by atoms with Crippen molar-refractivity contribution in [2.24, 2.45) is 4.99 Å². The van der Waals surface area contributed by atoms with Crippen LogP contribution in [0.1, 0.15) is 45.6 Å². The van der Waals surface area contributed by atoms with Gasteiger partial charge in [-0.2, -0.15) is 0 Å². The van der Waals surface area contributed by atoms with E-state index in [2.05, 4.69) is 22.0 Å². The van der Waals surface area contributed by atoms with E-state index in [-0.39, 0.29) is 17.9 Å². The van der Waals surface area contributed by atoms with Gasteiger partial charge in [0.25, 0.3) is 0 Å². The van der Waals surface area contributed by atoms with E-state index in [1.54, 1.807) is 11.8 Å². The molecule has 24 heavy (non-hydrogen) atoms. The Labute approximate surface area is 155 Å². The molecule has 6 heteroatoms. The van der Waals surface area contributed by atoms with Gasteiger partial charge in [0, 0.05) is 22.2 Å². The molecule has 1 spiro atoms. The van der Waals surface area contributed by atoms with Gasteiger partial charge in [-0.3, -0.25) is 9.79 Å². The molecule has 0 saturated heterocycles. The van der Waals surface area contributed by atoms with Crippen molar-refractivity contribution in [2.75, 3.05) is 12.4 Å². The zero-order valence-electron chi connectivity index (χ0n) is 14.2. The Balaban J connectivity index is 1.87. The Morgan fingerprint density at radius 2 is 2.21 bits per heavy atom. The van der Waals surface area contributed by atoms with Crippen molar-refractivity contribution in [3.8, 4) is 5.75 Å². The van der Waals surface area contributed by atoms with Crippen LogP contribution in [0.2, 0.25) is 0 Å². The summed E-state index contributed by atoms with van der Waals surface area (Å²) >= 11 is 5.21. The number of hydrogen-bond acceptors (Lipinski definition) is 5. The van der Waals surface area contributed by atoms with Crippen LogP contribution in [0.25, 0.3) is 0 Å². The van der Waals surface area contributed by atoms with Gasteiger partial charge in [0.2, 0.25) is 0 Å². The summed E-state index contributed by atoms with van der Waals surface area (Å²) in [6.07, 6.45) is 2.05. The molecular formula is C18H22BrNO3S. The van der Waals surface area contributed by atoms with Gasteiger partial charge in [-0.1, -0.05) is 15.9 Å². The summed E-state index contributed by atoms with van der Waals surface area (Å²) in [5.41, 5.74) is 0.371. The van der Waals surface area contributed by atoms with Crippen molar-refractivity contribution in [1.82, 2.24) is 0 Å². The second kappa shape index (κ2) is 6.71. The first-order valence-electron chi connectivity index (χ1n) is 8.14. The van der Waals surface area contributed by atoms with Gasteiger partial charge < -0.3 is 9.47 Å². The van der Waals surface area contributed by atoms with E-state index in [4.69, 9.17) is 14.5 Å². The summed E-state index contributed by atoms with van der Waals surface area (Å²) in [5.74, 6) is 1.64. The topological polar surface area (TPSA) is 47.9 Å². The van der Waals surface area contributed by atoms with Crippen LogP contribution < -0.4 is 4.74 Å². The number of ether oxygens (including phenoxy) is 2. The van der Waals surface area contributed by atoms with Crippen molar-refractivity contribution >= 4 is 38.7 Å². The first-order chi connectivity index (χ1) is 11.3. The predicted octanol–water partition coefficient (Wildman–Crippen LogP) is 4.69. The van der Waals surface area contributed by atoms with E-state index >= 15 is 0 Å². The van der Waals surface area contributed by atoms with Crippen molar-refractivity contribution in [1.29, 1.82) is 0 Å². The highest BCUT2D eigenvalue weighted by Crippen LogP contribution is 2.46. The molecular weight excluding hydrogens is 390 g/mol. The van der Waals surface area contributed by atoms with Gasteiger partial charge in [0.15, 0.2) is 0 Å². The number of esters is 1. The Hall–Kier alpha value is -1.01. The van der Waals surface area contributed by atoms with Crippen molar-refractivity contribution in [3.63, 3.8) is 0 Å². The predicted molar refractivity (Wildman–Crippen MR) is 101 cm³/mol. The fraction of sp³-hybridized carbons (Fsp3) is 0.556. The average Bonchev–Trinajstić information content (AvgIpc) is 2.46. The zero-order chi connectivity index (χ0) is 17.4. The standard InChI is InChI=1S/C18H22BrNO3S/c1-17(2,3)23-16(21)11-15-20-18(7-9-24-15)6-8-22-14-5-4-12(19)10-13(14)18/h4-5,10H,6-9,11H2,1-3H3. The summed E-state index contributed by atoms with van der Waals surface area (Å²) < 4.78 is 12.3. The Morgan fingerprint density at radius 1 is 1.42 bits per heavy atom. The number of benzene rings is 1. The number of fused-ring (bicyclic) bond motifs is 2. The van der Waals surface area contributed by atoms with Crippen LogP contribution in [-0.2, 0) is 15.1 Å². The zero-order valence-corrected chi connectivity index (χ0v) is 16.6. The summed E-state index contributed by atoms with van der Waals surface area (Å²) in [7, 11) is 0. The molecule has 0 N–H and O–H groups in total. The lowest BCUT2D eigenvalue weighted by Gasteiger charge is -2.38. The minimum Gasteiger partial charge on any atom is -0.493 e. The maximum atomic E-state index is 12.1. The average molecular weight is 412 g/mol. The van der Waals surface area contributed by atoms with E-state index in [9.17, 15) is 4.79 Å². The molecule has 0 aromatic heterocycles. The molecule has 0 radical (unpaired) electrons. The molecule has 130 valence electrons. The van der Waals surface area contributed by atoms with Crippen LogP contribution in [0.15, 0.2) is 27.7 Å². The maximum absolute atomic E-state index is 12.1. The molecule has 0 saturated carbocycles. The highest BCUT2D eigenvalue weighted by atomic mass is 79.9. The van der Waals surface area contributed by atoms with E-state index in [0.717, 1.165) is 39.4 Å². The van der Waals surface area contributed by atoms with Crippen molar-refractivity contribution in [2.45, 2.75) is 51.2 Å². The third-order valence-corrected chi connectivity index (χ3v) is 5.53. The number of halogens is 1. The number of carbonyl (C=O) groups is 1. The van der Waals surface area contributed by atoms with Gasteiger partial charge in [-0.25, -0.2) is 0 Å². The van der Waals surface area contributed by atoms with Crippen LogP contribution in [0.5, 0.6) is 5.75 Å². The molecule has 3 rings (SSSR count). The molecule has 4 nitrogen and oxygen atoms in total. The normalized spacial score (nSPS) is 23.2. The second-order valence-corrected chi connectivity index (χ2v) is 9.22. The van der Waals surface area contributed by atoms with Gasteiger partial charge in [-0.05, 0) is 45.4 Å². The third-order valence-electron chi connectivity index (χ3n) is 4.05. The molecule has 2 aliphatic heterocycles. The molecule has 0 aliphatic carbocycles. The Bertz CT molecular complexity index is 683. The lowest BCUT2D eigenvalue weighted by molar-refractivity contribution is -0.153. The van der Waals surface area contributed by atoms with E-state index in [1.165, 1.54) is 0 Å². The number of nitrogens with zero attached hydrogens (tertiary/aromatic N) is 1. The molecule has 2 aliphatic rings. The van der Waals surface area contributed by atoms with Gasteiger partial charge >= 0.3 is 5.97 Å². The van der Waals surface area contributed by atoms with Crippen LogP contribution in [0.4, 0.5) is 0 Å². The maximum Gasteiger partial charge on any atom is 0.312 e. The molecule has 0 fully saturated rings. The molecule has 1 aromatic rings. The fourth-order valence-electron chi connectivity index (χ4n) is 3.09. The fourth-order valence-corrected chi connectivity index (χ4v) is 4.58. The monoisotopic (exact) mass is 411 g/mol. The quantitative estimate of drug-likeness (QED) is 0.661. The summed E-state index contributed by atoms with van der Waals surface area (Å²) in [5, 5.41) is 0.864. The highest BCUT2D eigenvalue weighted by molar-refractivity contribution is 9.10. The van der Waals surface area contributed by atoms with E-state index in [1.807, 2.05) is 32.9 Å². The number of aliphatic imine (C=N–C) groups is 1. The van der Waals surface area contributed by atoms with E-state index in [0.29, 0.717) is 6.61 Å². The molecule has 1 unspecified atom stereocenters. The SMILES string of the molecule is CC(C)(C)OC(=O)CC1=NC2(CCOc3ccc(Br)cc32)CCS1. The lowest BCUT2D eigenvalue weighted by Crippen LogP contribution is -2.35. The van der Waals surface area contributed by atoms with E-state index < -0.39 is 5.60 Å². The number of rotatable bonds is 2. The van der Waals surface area contributed by atoms with Gasteiger partial charge in [-0.15, -0.1) is 11.8 Å². The summed E-state index contributed by atoms with van der Waals surface area (Å²) in [6.45, 7) is 6.31. The number of thioether (sulfide) groups is 1. The highest BCUT2D eigenvalue weighted by Gasteiger charge is 2.40. The summed E-state index contributed by atoms with van der Waals surface area (Å²) in [6, 6.07) is 6.07. The smallest absolute Gasteiger partial charge is 0.312 e. The molecule has 0 amide bonds. The molecule has 0 bridgehead atoms. The third kappa shape index (κ3) is 3.97. The molecule has 1 atom stereocenters. The van der Waals surface area contributed by atoms with Crippen molar-refractivity contribution in [3.05, 3.63) is 28.2 Å². The lowest BCUT2D eigenvalue weighted by atomic mass is 9.82. The minimum atomic E-state index is -0.467. The minimum absolute atomic E-state index is 0.215. The first-order valence-corrected chi connectivity index (χ1v) is 9.92. The van der Waals surface area contributed by atoms with Crippen LogP contribution in [0, 0.1) is 0 Å². The second-order valence-electron chi connectivity index (χ2n) is 7.14. The van der Waals surface area contributed by atoms with Crippen LogP contribution in [-0.4, -0.2) is 29.0 Å². The molecule has 2 heterocycles. The summed E-state index contributed by atoms with van der Waals surface area (Å²) in [4.78, 5) is 17.2. The largest absolute Gasteiger partial charge is 0.493 e. The van der Waals surface area contributed by atoms with Crippen LogP contribution >= 0.6 is 27.7 Å². The van der Waals surface area contributed by atoms with Crippen LogP contribution in [0.3, 0.4) is 0 Å².